The van der Waals surface area contributed by atoms with Gasteiger partial charge in [0, 0.05) is 23.6 Å². The second-order valence-electron chi connectivity index (χ2n) is 11.2. The molecule has 1 fully saturated rings. The second kappa shape index (κ2) is 16.6. The number of carbonyl (C=O) groups is 1. The highest BCUT2D eigenvalue weighted by molar-refractivity contribution is 5.94. The molecule has 0 aromatic heterocycles. The van der Waals surface area contributed by atoms with Gasteiger partial charge in [-0.2, -0.15) is 0 Å². The maximum atomic E-state index is 13.0. The number of hydroxylamine groups is 2. The molecule has 10 heteroatoms. The Kier molecular flexibility index (Phi) is 11.9. The SMILES string of the molecule is CCCOc1c(CC#CN(O)C(=O)c2cccc(Oc3ccccc3)c2)cc(C2CCC(c3cc(OC)c(OC)c(OC)c3)O2)cc1OC. The van der Waals surface area contributed by atoms with Gasteiger partial charge in [-0.1, -0.05) is 37.1 Å². The Morgan fingerprint density at radius 3 is 2.02 bits per heavy atom. The first-order valence-electron chi connectivity index (χ1n) is 16.0. The van der Waals surface area contributed by atoms with Crippen molar-refractivity contribution in [1.29, 1.82) is 0 Å². The van der Waals surface area contributed by atoms with Crippen molar-refractivity contribution in [3.8, 4) is 52.2 Å². The van der Waals surface area contributed by atoms with Crippen LogP contribution >= 0.6 is 0 Å². The van der Waals surface area contributed by atoms with Crippen LogP contribution in [0, 0.1) is 12.0 Å². The summed E-state index contributed by atoms with van der Waals surface area (Å²) >= 11 is 0. The van der Waals surface area contributed by atoms with Gasteiger partial charge in [0.05, 0.1) is 47.3 Å². The van der Waals surface area contributed by atoms with E-state index in [1.54, 1.807) is 52.7 Å². The van der Waals surface area contributed by atoms with Crippen molar-refractivity contribution in [3.63, 3.8) is 0 Å². The van der Waals surface area contributed by atoms with E-state index in [1.807, 2.05) is 61.5 Å². The van der Waals surface area contributed by atoms with Crippen molar-refractivity contribution in [1.82, 2.24) is 5.06 Å². The standard InChI is InChI=1S/C39H41NO9/c1-6-20-47-37-26(13-11-19-40(42)39(41)27-12-10-16-31(22-27)48-30-14-8-7-9-15-30)21-28(23-34(37)43-2)32-17-18-33(49-32)29-24-35(44-3)38(46-5)36(25-29)45-4/h7-10,12,14-16,21-25,32-33,42H,6,13,17-18,20H2,1-5H3. The van der Waals surface area contributed by atoms with E-state index in [0.717, 1.165) is 36.0 Å². The Balaban J connectivity index is 1.35. The lowest BCUT2D eigenvalue weighted by Crippen LogP contribution is -2.22. The van der Waals surface area contributed by atoms with Crippen LogP contribution in [0.2, 0.25) is 0 Å². The number of benzene rings is 4. The number of hydrogen-bond acceptors (Lipinski definition) is 9. The van der Waals surface area contributed by atoms with E-state index in [4.69, 9.17) is 33.2 Å². The molecule has 2 atom stereocenters. The van der Waals surface area contributed by atoms with Crippen molar-refractivity contribution in [2.45, 2.75) is 44.8 Å². The summed E-state index contributed by atoms with van der Waals surface area (Å²) in [5, 5.41) is 11.0. The minimum absolute atomic E-state index is 0.174. The zero-order valence-electron chi connectivity index (χ0n) is 28.4. The number of methoxy groups -OCH3 is 4. The fraction of sp³-hybridized carbons (Fsp3) is 0.308. The van der Waals surface area contributed by atoms with E-state index in [0.29, 0.717) is 51.9 Å². The zero-order chi connectivity index (χ0) is 34.8. The number of nitrogens with zero attached hydrogens (tertiary/aromatic N) is 1. The van der Waals surface area contributed by atoms with Crippen LogP contribution in [0.3, 0.4) is 0 Å². The lowest BCUT2D eigenvalue weighted by atomic mass is 9.99. The monoisotopic (exact) mass is 667 g/mol. The van der Waals surface area contributed by atoms with Gasteiger partial charge in [-0.3, -0.25) is 10.0 Å². The summed E-state index contributed by atoms with van der Waals surface area (Å²) in [5.74, 6) is 6.09. The largest absolute Gasteiger partial charge is 0.493 e. The third-order valence-corrected chi connectivity index (χ3v) is 7.99. The minimum atomic E-state index is -0.683. The molecule has 2 unspecified atom stereocenters. The Bertz CT molecular complexity index is 1770. The average Bonchev–Trinajstić information content (AvgIpc) is 3.64. The summed E-state index contributed by atoms with van der Waals surface area (Å²) in [4.78, 5) is 13.0. The van der Waals surface area contributed by atoms with Crippen LogP contribution in [0.5, 0.6) is 40.2 Å². The fourth-order valence-corrected chi connectivity index (χ4v) is 5.64. The quantitative estimate of drug-likeness (QED) is 0.0659. The third kappa shape index (κ3) is 8.38. The van der Waals surface area contributed by atoms with E-state index in [1.165, 1.54) is 0 Å². The van der Waals surface area contributed by atoms with Gasteiger partial charge in [0.15, 0.2) is 23.0 Å². The van der Waals surface area contributed by atoms with Crippen LogP contribution in [0.1, 0.15) is 65.4 Å². The number of ether oxygens (including phenoxy) is 7. The van der Waals surface area contributed by atoms with Crippen molar-refractivity contribution >= 4 is 5.91 Å². The predicted molar refractivity (Wildman–Crippen MR) is 183 cm³/mol. The summed E-state index contributed by atoms with van der Waals surface area (Å²) < 4.78 is 40.8. The van der Waals surface area contributed by atoms with E-state index in [-0.39, 0.29) is 24.2 Å². The number of hydrogen-bond donors (Lipinski definition) is 1. The number of amides is 1. The van der Waals surface area contributed by atoms with Gasteiger partial charge in [0.2, 0.25) is 5.75 Å². The molecule has 0 aliphatic carbocycles. The summed E-state index contributed by atoms with van der Waals surface area (Å²) in [7, 11) is 6.33. The number of carbonyl (C=O) groups excluding carboxylic acids is 1. The zero-order valence-corrected chi connectivity index (χ0v) is 28.4. The van der Waals surface area contributed by atoms with Crippen LogP contribution in [0.25, 0.3) is 0 Å². The van der Waals surface area contributed by atoms with Crippen LogP contribution in [-0.4, -0.2) is 51.2 Å². The molecule has 49 heavy (non-hydrogen) atoms. The van der Waals surface area contributed by atoms with Crippen molar-refractivity contribution in [2.75, 3.05) is 35.0 Å². The van der Waals surface area contributed by atoms with Gasteiger partial charge in [0.1, 0.15) is 11.5 Å². The highest BCUT2D eigenvalue weighted by Crippen LogP contribution is 2.47. The molecule has 1 aliphatic heterocycles. The van der Waals surface area contributed by atoms with E-state index in [2.05, 4.69) is 12.0 Å². The van der Waals surface area contributed by atoms with Gasteiger partial charge in [-0.25, -0.2) is 0 Å². The normalized spacial score (nSPS) is 15.1. The Morgan fingerprint density at radius 1 is 0.796 bits per heavy atom. The molecule has 1 N–H and O–H groups in total. The Morgan fingerprint density at radius 2 is 1.41 bits per heavy atom. The second-order valence-corrected chi connectivity index (χ2v) is 11.2. The molecule has 10 nitrogen and oxygen atoms in total. The molecule has 1 saturated heterocycles. The maximum Gasteiger partial charge on any atom is 0.289 e. The molecule has 0 saturated carbocycles. The Labute approximate surface area is 287 Å². The molecule has 0 bridgehead atoms. The first-order chi connectivity index (χ1) is 23.9. The van der Waals surface area contributed by atoms with Crippen LogP contribution < -0.4 is 28.4 Å². The fourth-order valence-electron chi connectivity index (χ4n) is 5.64. The van der Waals surface area contributed by atoms with Crippen molar-refractivity contribution < 1.29 is 43.2 Å². The smallest absolute Gasteiger partial charge is 0.289 e. The van der Waals surface area contributed by atoms with E-state index < -0.39 is 5.91 Å². The summed E-state index contributed by atoms with van der Waals surface area (Å²) in [5.41, 5.74) is 2.79. The molecule has 256 valence electrons. The molecule has 5 rings (SSSR count). The Hall–Kier alpha value is -5.37. The van der Waals surface area contributed by atoms with Gasteiger partial charge < -0.3 is 33.2 Å². The molecule has 4 aromatic carbocycles. The molecule has 1 heterocycles. The van der Waals surface area contributed by atoms with Gasteiger partial charge in [0.25, 0.3) is 5.91 Å². The minimum Gasteiger partial charge on any atom is -0.493 e. The molecule has 1 aliphatic rings. The summed E-state index contributed by atoms with van der Waals surface area (Å²) in [6, 6.07) is 26.1. The highest BCUT2D eigenvalue weighted by atomic mass is 16.5. The third-order valence-electron chi connectivity index (χ3n) is 7.99. The van der Waals surface area contributed by atoms with E-state index in [9.17, 15) is 10.0 Å². The maximum absolute atomic E-state index is 13.0. The first-order valence-corrected chi connectivity index (χ1v) is 16.0. The number of para-hydroxylation sites is 1. The van der Waals surface area contributed by atoms with Gasteiger partial charge in [-0.05, 0) is 85.0 Å². The molecule has 4 aromatic rings. The molecule has 0 spiro atoms. The van der Waals surface area contributed by atoms with Crippen molar-refractivity contribution in [3.05, 3.63) is 101 Å². The average molecular weight is 668 g/mol. The van der Waals surface area contributed by atoms with Gasteiger partial charge in [-0.15, -0.1) is 5.06 Å². The van der Waals surface area contributed by atoms with Crippen LogP contribution in [0.15, 0.2) is 78.9 Å². The lowest BCUT2D eigenvalue weighted by molar-refractivity contribution is -0.0118. The molecular weight excluding hydrogens is 626 g/mol. The topological polar surface area (TPSA) is 105 Å². The van der Waals surface area contributed by atoms with Crippen molar-refractivity contribution in [2.24, 2.45) is 0 Å². The predicted octanol–water partition coefficient (Wildman–Crippen LogP) is 7.93. The number of rotatable bonds is 13. The summed E-state index contributed by atoms with van der Waals surface area (Å²) in [6.07, 6.45) is 2.07. The van der Waals surface area contributed by atoms with E-state index >= 15 is 0 Å². The van der Waals surface area contributed by atoms with Gasteiger partial charge >= 0.3 is 0 Å². The molecule has 0 radical (unpaired) electrons. The molecule has 1 amide bonds. The summed E-state index contributed by atoms with van der Waals surface area (Å²) in [6.45, 7) is 2.50. The molecular formula is C39H41NO9. The lowest BCUT2D eigenvalue weighted by Gasteiger charge is -2.20. The first kappa shape index (κ1) is 35.0. The van der Waals surface area contributed by atoms with Crippen LogP contribution in [-0.2, 0) is 11.2 Å². The van der Waals surface area contributed by atoms with Crippen LogP contribution in [0.4, 0.5) is 0 Å². The highest BCUT2D eigenvalue weighted by Gasteiger charge is 2.31.